The highest BCUT2D eigenvalue weighted by Crippen LogP contribution is 2.28. The van der Waals surface area contributed by atoms with E-state index in [9.17, 15) is 9.18 Å². The molecule has 152 valence electrons. The van der Waals surface area contributed by atoms with E-state index in [2.05, 4.69) is 10.2 Å². The molecular weight excluding hydrogens is 371 g/mol. The first-order chi connectivity index (χ1) is 13.9. The monoisotopic (exact) mass is 396 g/mol. The second kappa shape index (κ2) is 7.83. The number of fused-ring (bicyclic) bond motifs is 1. The Morgan fingerprint density at radius 2 is 1.97 bits per heavy atom. The van der Waals surface area contributed by atoms with E-state index in [1.807, 2.05) is 32.0 Å². The van der Waals surface area contributed by atoms with Gasteiger partial charge in [-0.2, -0.15) is 0 Å². The van der Waals surface area contributed by atoms with Gasteiger partial charge in [-0.15, -0.1) is 0 Å². The van der Waals surface area contributed by atoms with E-state index < -0.39 is 0 Å². The second-order valence-electron chi connectivity index (χ2n) is 7.50. The molecule has 0 aliphatic carbocycles. The second-order valence-corrected chi connectivity index (χ2v) is 7.50. The van der Waals surface area contributed by atoms with Crippen LogP contribution in [0.25, 0.3) is 10.9 Å². The number of aromatic nitrogens is 2. The first kappa shape index (κ1) is 19.4. The predicted octanol–water partition coefficient (Wildman–Crippen LogP) is 3.39. The number of hydrogen-bond donors (Lipinski definition) is 1. The van der Waals surface area contributed by atoms with Crippen LogP contribution in [-0.2, 0) is 11.8 Å². The minimum Gasteiger partial charge on any atom is -0.378 e. The van der Waals surface area contributed by atoms with Crippen molar-refractivity contribution in [3.63, 3.8) is 0 Å². The van der Waals surface area contributed by atoms with Crippen molar-refractivity contribution in [3.05, 3.63) is 63.7 Å². The van der Waals surface area contributed by atoms with Crippen molar-refractivity contribution in [1.82, 2.24) is 9.55 Å². The van der Waals surface area contributed by atoms with Gasteiger partial charge in [-0.25, -0.2) is 9.37 Å². The van der Waals surface area contributed by atoms with Crippen LogP contribution in [0, 0.1) is 12.7 Å². The third-order valence-electron chi connectivity index (χ3n) is 5.30. The topological polar surface area (TPSA) is 59.4 Å². The third-order valence-corrected chi connectivity index (χ3v) is 5.30. The molecule has 0 saturated carbocycles. The van der Waals surface area contributed by atoms with Crippen molar-refractivity contribution < 1.29 is 9.13 Å². The summed E-state index contributed by atoms with van der Waals surface area (Å²) in [5, 5.41) is 3.92. The number of halogens is 1. The number of nitrogens with zero attached hydrogens (tertiary/aromatic N) is 3. The molecule has 1 aliphatic heterocycles. The van der Waals surface area contributed by atoms with E-state index in [0.29, 0.717) is 48.8 Å². The molecule has 0 bridgehead atoms. The lowest BCUT2D eigenvalue weighted by molar-refractivity contribution is 0.121. The fourth-order valence-electron chi connectivity index (χ4n) is 3.82. The number of nitrogens with one attached hydrogen (secondary N) is 1. The maximum Gasteiger partial charge on any atom is 0.262 e. The zero-order chi connectivity index (χ0) is 20.5. The minimum absolute atomic E-state index is 0.0700. The number of aryl methyl sites for hydroxylation is 1. The number of anilines is 2. The Morgan fingerprint density at radius 3 is 2.69 bits per heavy atom. The van der Waals surface area contributed by atoms with Crippen molar-refractivity contribution in [2.45, 2.75) is 19.9 Å². The molecule has 1 saturated heterocycles. The molecule has 1 aliphatic rings. The summed E-state index contributed by atoms with van der Waals surface area (Å²) < 4.78 is 20.6. The molecule has 0 radical (unpaired) electrons. The average molecular weight is 396 g/mol. The Bertz CT molecular complexity index is 1110. The van der Waals surface area contributed by atoms with Gasteiger partial charge in [0.15, 0.2) is 0 Å². The summed E-state index contributed by atoms with van der Waals surface area (Å²) >= 11 is 0. The van der Waals surface area contributed by atoms with Gasteiger partial charge in [0.05, 0.1) is 30.2 Å². The molecule has 29 heavy (non-hydrogen) atoms. The Kier molecular flexibility index (Phi) is 5.24. The van der Waals surface area contributed by atoms with Gasteiger partial charge in [0, 0.05) is 31.4 Å². The van der Waals surface area contributed by atoms with Gasteiger partial charge in [-0.3, -0.25) is 9.36 Å². The van der Waals surface area contributed by atoms with Crippen molar-refractivity contribution in [1.29, 1.82) is 0 Å². The molecule has 1 fully saturated rings. The summed E-state index contributed by atoms with van der Waals surface area (Å²) in [6.45, 7) is 6.59. The van der Waals surface area contributed by atoms with Crippen molar-refractivity contribution in [3.8, 4) is 0 Å². The normalized spacial score (nSPS) is 15.5. The molecule has 0 amide bonds. The third kappa shape index (κ3) is 3.82. The molecule has 1 aromatic heterocycles. The average Bonchev–Trinajstić information content (AvgIpc) is 2.71. The summed E-state index contributed by atoms with van der Waals surface area (Å²) in [6.07, 6.45) is 0. The number of ether oxygens (including phenoxy) is 1. The van der Waals surface area contributed by atoms with Crippen LogP contribution in [0.15, 0.2) is 41.2 Å². The fraction of sp³-hybridized carbons (Fsp3) is 0.364. The summed E-state index contributed by atoms with van der Waals surface area (Å²) in [5.41, 5.74) is 3.19. The van der Waals surface area contributed by atoms with E-state index in [1.165, 1.54) is 12.1 Å². The molecule has 7 heteroatoms. The summed E-state index contributed by atoms with van der Waals surface area (Å²) in [5.74, 6) is 0.353. The standard InChI is InChI=1S/C22H25FN4O2/c1-14-11-18(15(2)24-17-6-4-5-16(23)13-17)20-19(12-14)21(28)26(3)22(25-20)27-7-9-29-10-8-27/h4-6,11-13,15,24H,7-10H2,1-3H3. The zero-order valence-electron chi connectivity index (χ0n) is 16.9. The van der Waals surface area contributed by atoms with Crippen molar-refractivity contribution >= 4 is 22.5 Å². The van der Waals surface area contributed by atoms with Gasteiger partial charge in [0.1, 0.15) is 5.82 Å². The maximum atomic E-state index is 13.6. The van der Waals surface area contributed by atoms with E-state index >= 15 is 0 Å². The van der Waals surface area contributed by atoms with Crippen LogP contribution in [0.4, 0.5) is 16.0 Å². The maximum absolute atomic E-state index is 13.6. The van der Waals surface area contributed by atoms with Gasteiger partial charge in [-0.05, 0) is 43.7 Å². The van der Waals surface area contributed by atoms with E-state index in [1.54, 1.807) is 17.7 Å². The molecule has 3 aromatic rings. The molecule has 1 N–H and O–H groups in total. The highest BCUT2D eigenvalue weighted by molar-refractivity contribution is 5.84. The molecule has 1 atom stereocenters. The Hall–Kier alpha value is -2.93. The molecule has 4 rings (SSSR count). The number of morpholine rings is 1. The molecule has 6 nitrogen and oxygen atoms in total. The first-order valence-electron chi connectivity index (χ1n) is 9.80. The van der Waals surface area contributed by atoms with E-state index in [0.717, 1.165) is 11.1 Å². The summed E-state index contributed by atoms with van der Waals surface area (Å²) in [6, 6.07) is 10.1. The zero-order valence-corrected chi connectivity index (χ0v) is 16.9. The Labute approximate surface area is 168 Å². The lowest BCUT2D eigenvalue weighted by Crippen LogP contribution is -2.40. The van der Waals surface area contributed by atoms with E-state index in [-0.39, 0.29) is 17.4 Å². The van der Waals surface area contributed by atoms with Crippen LogP contribution in [-0.4, -0.2) is 35.9 Å². The van der Waals surface area contributed by atoms with Crippen molar-refractivity contribution in [2.24, 2.45) is 7.05 Å². The number of rotatable bonds is 4. The highest BCUT2D eigenvalue weighted by atomic mass is 19.1. The number of benzene rings is 2. The van der Waals surface area contributed by atoms with Gasteiger partial charge in [0.25, 0.3) is 5.56 Å². The lowest BCUT2D eigenvalue weighted by atomic mass is 10.0. The quantitative estimate of drug-likeness (QED) is 0.733. The fourth-order valence-corrected chi connectivity index (χ4v) is 3.82. The van der Waals surface area contributed by atoms with Crippen LogP contribution in [0.3, 0.4) is 0 Å². The SMILES string of the molecule is Cc1cc(C(C)Nc2cccc(F)c2)c2nc(N3CCOCC3)n(C)c(=O)c2c1. The van der Waals surface area contributed by atoms with E-state index in [4.69, 9.17) is 9.72 Å². The first-order valence-corrected chi connectivity index (χ1v) is 9.80. The van der Waals surface area contributed by atoms with Crippen LogP contribution in [0.2, 0.25) is 0 Å². The van der Waals surface area contributed by atoms with Crippen LogP contribution < -0.4 is 15.8 Å². The summed E-state index contributed by atoms with van der Waals surface area (Å²) in [4.78, 5) is 20.1. The summed E-state index contributed by atoms with van der Waals surface area (Å²) in [7, 11) is 1.76. The van der Waals surface area contributed by atoms with Crippen LogP contribution in [0.5, 0.6) is 0 Å². The van der Waals surface area contributed by atoms with Gasteiger partial charge in [-0.1, -0.05) is 12.1 Å². The molecule has 2 aromatic carbocycles. The van der Waals surface area contributed by atoms with Crippen LogP contribution in [0.1, 0.15) is 24.1 Å². The highest BCUT2D eigenvalue weighted by Gasteiger charge is 2.21. The molecule has 0 spiro atoms. The number of hydrogen-bond acceptors (Lipinski definition) is 5. The Balaban J connectivity index is 1.82. The van der Waals surface area contributed by atoms with Gasteiger partial charge in [0.2, 0.25) is 5.95 Å². The van der Waals surface area contributed by atoms with Crippen molar-refractivity contribution in [2.75, 3.05) is 36.5 Å². The Morgan fingerprint density at radius 1 is 1.21 bits per heavy atom. The van der Waals surface area contributed by atoms with Gasteiger partial charge < -0.3 is 15.0 Å². The smallest absolute Gasteiger partial charge is 0.262 e. The molecule has 1 unspecified atom stereocenters. The predicted molar refractivity (Wildman–Crippen MR) is 113 cm³/mol. The largest absolute Gasteiger partial charge is 0.378 e. The minimum atomic E-state index is -0.294. The molecular formula is C22H25FN4O2. The molecule has 2 heterocycles. The lowest BCUT2D eigenvalue weighted by Gasteiger charge is -2.29. The van der Waals surface area contributed by atoms with Gasteiger partial charge >= 0.3 is 0 Å². The van der Waals surface area contributed by atoms with Crippen LogP contribution >= 0.6 is 0 Å².